The Labute approximate surface area is 139 Å². The Morgan fingerprint density at radius 3 is 2.54 bits per heavy atom. The summed E-state index contributed by atoms with van der Waals surface area (Å²) >= 11 is 0. The topological polar surface area (TPSA) is 61.5 Å². The van der Waals surface area contributed by atoms with Crippen LogP contribution in [-0.4, -0.2) is 18.5 Å². The lowest BCUT2D eigenvalue weighted by molar-refractivity contribution is -0.174. The molecule has 0 saturated carbocycles. The highest BCUT2D eigenvalue weighted by molar-refractivity contribution is 5.78. The van der Waals surface area contributed by atoms with Crippen molar-refractivity contribution in [2.24, 2.45) is 5.73 Å². The maximum atomic E-state index is 14.0. The van der Waals surface area contributed by atoms with Gasteiger partial charge in [0.1, 0.15) is 18.4 Å². The molecule has 0 bridgehead atoms. The summed E-state index contributed by atoms with van der Waals surface area (Å²) in [7, 11) is 0. The first-order chi connectivity index (χ1) is 11.4. The molecule has 128 valence electrons. The molecule has 0 aliphatic carbocycles. The van der Waals surface area contributed by atoms with E-state index in [1.54, 1.807) is 12.1 Å². The summed E-state index contributed by atoms with van der Waals surface area (Å²) in [5.41, 5.74) is 6.62. The summed E-state index contributed by atoms with van der Waals surface area (Å²) in [6.07, 6.45) is 0. The molecule has 0 heterocycles. The Morgan fingerprint density at radius 1 is 1.17 bits per heavy atom. The number of benzene rings is 2. The van der Waals surface area contributed by atoms with Crippen molar-refractivity contribution in [1.29, 1.82) is 0 Å². The van der Waals surface area contributed by atoms with E-state index in [-0.39, 0.29) is 12.2 Å². The lowest BCUT2D eigenvalue weighted by atomic mass is 10.0. The predicted molar refractivity (Wildman–Crippen MR) is 85.7 cm³/mol. The number of carbonyl (C=O) groups is 1. The zero-order valence-corrected chi connectivity index (χ0v) is 13.2. The Bertz CT molecular complexity index is 677. The van der Waals surface area contributed by atoms with Crippen LogP contribution in [0.2, 0.25) is 0 Å². The van der Waals surface area contributed by atoms with Crippen molar-refractivity contribution in [3.63, 3.8) is 0 Å². The molecule has 2 aromatic carbocycles. The van der Waals surface area contributed by atoms with E-state index >= 15 is 0 Å². The molecule has 0 aliphatic heterocycles. The fraction of sp³-hybridized carbons (Fsp3) is 0.278. The van der Waals surface area contributed by atoms with Crippen LogP contribution in [0.3, 0.4) is 0 Å². The van der Waals surface area contributed by atoms with Gasteiger partial charge in [-0.25, -0.2) is 4.79 Å². The fourth-order valence-corrected chi connectivity index (χ4v) is 2.10. The zero-order valence-electron chi connectivity index (χ0n) is 13.2. The van der Waals surface area contributed by atoms with Crippen LogP contribution in [-0.2, 0) is 16.1 Å². The molecule has 0 amide bonds. The van der Waals surface area contributed by atoms with Gasteiger partial charge in [-0.2, -0.15) is 8.78 Å². The highest BCUT2D eigenvalue weighted by atomic mass is 19.3. The Morgan fingerprint density at radius 2 is 1.88 bits per heavy atom. The molecular weight excluding hydrogens is 316 g/mol. The van der Waals surface area contributed by atoms with E-state index < -0.39 is 17.9 Å². The van der Waals surface area contributed by atoms with Gasteiger partial charge in [-0.15, -0.1) is 0 Å². The van der Waals surface area contributed by atoms with Crippen LogP contribution in [0.5, 0.6) is 5.75 Å². The fourth-order valence-electron chi connectivity index (χ4n) is 2.10. The van der Waals surface area contributed by atoms with Crippen LogP contribution in [0.15, 0.2) is 54.6 Å². The maximum absolute atomic E-state index is 14.0. The van der Waals surface area contributed by atoms with E-state index in [1.807, 2.05) is 30.3 Å². The Kier molecular flexibility index (Phi) is 5.87. The second-order valence-corrected chi connectivity index (χ2v) is 5.17. The minimum absolute atomic E-state index is 0.0959. The molecule has 2 rings (SSSR count). The largest absolute Gasteiger partial charge is 0.489 e. The van der Waals surface area contributed by atoms with Crippen LogP contribution < -0.4 is 10.5 Å². The van der Waals surface area contributed by atoms with Crippen molar-refractivity contribution in [3.8, 4) is 5.75 Å². The monoisotopic (exact) mass is 335 g/mol. The third-order valence-corrected chi connectivity index (χ3v) is 3.40. The van der Waals surface area contributed by atoms with Crippen molar-refractivity contribution in [2.45, 2.75) is 25.5 Å². The second kappa shape index (κ2) is 7.88. The summed E-state index contributed by atoms with van der Waals surface area (Å²) in [6.45, 7) is 1.62. The Hall–Kier alpha value is -2.47. The van der Waals surface area contributed by atoms with Crippen molar-refractivity contribution < 1.29 is 23.0 Å². The first-order valence-electron chi connectivity index (χ1n) is 7.52. The predicted octanol–water partition coefficient (Wildman–Crippen LogP) is 3.46. The number of ether oxygens (including phenoxy) is 2. The molecular formula is C18H19F2NO3. The van der Waals surface area contributed by atoms with Gasteiger partial charge >= 0.3 is 11.9 Å². The number of halogens is 2. The average Bonchev–Trinajstić information content (AvgIpc) is 2.60. The summed E-state index contributed by atoms with van der Waals surface area (Å²) in [5, 5.41) is 0. The first-order valence-corrected chi connectivity index (χ1v) is 7.52. The van der Waals surface area contributed by atoms with Gasteiger partial charge in [-0.3, -0.25) is 0 Å². The number of alkyl halides is 2. The molecule has 0 spiro atoms. The lowest BCUT2D eigenvalue weighted by Gasteiger charge is -2.22. The summed E-state index contributed by atoms with van der Waals surface area (Å²) in [5.74, 6) is -5.05. The van der Waals surface area contributed by atoms with E-state index in [0.717, 1.165) is 5.56 Å². The minimum Gasteiger partial charge on any atom is -0.489 e. The molecule has 6 heteroatoms. The van der Waals surface area contributed by atoms with Gasteiger partial charge in [0.2, 0.25) is 0 Å². The normalized spacial score (nSPS) is 12.5. The quantitative estimate of drug-likeness (QED) is 0.787. The van der Waals surface area contributed by atoms with Crippen molar-refractivity contribution in [3.05, 3.63) is 65.7 Å². The Balaban J connectivity index is 2.10. The van der Waals surface area contributed by atoms with E-state index in [2.05, 4.69) is 4.74 Å². The number of hydrogen-bond donors (Lipinski definition) is 1. The van der Waals surface area contributed by atoms with Gasteiger partial charge in [0.15, 0.2) is 0 Å². The maximum Gasteiger partial charge on any atom is 0.379 e. The van der Waals surface area contributed by atoms with E-state index in [1.165, 1.54) is 19.1 Å². The molecule has 0 radical (unpaired) electrons. The van der Waals surface area contributed by atoms with Crippen LogP contribution >= 0.6 is 0 Å². The second-order valence-electron chi connectivity index (χ2n) is 5.17. The molecule has 0 aromatic heterocycles. The van der Waals surface area contributed by atoms with Gasteiger partial charge in [-0.1, -0.05) is 42.5 Å². The smallest absolute Gasteiger partial charge is 0.379 e. The van der Waals surface area contributed by atoms with Gasteiger partial charge in [-0.05, 0) is 30.2 Å². The van der Waals surface area contributed by atoms with E-state index in [4.69, 9.17) is 10.5 Å². The lowest BCUT2D eigenvalue weighted by Crippen LogP contribution is -2.41. The molecule has 0 fully saturated rings. The highest BCUT2D eigenvalue weighted by Gasteiger charge is 2.47. The molecule has 0 aliphatic rings. The van der Waals surface area contributed by atoms with Gasteiger partial charge in [0, 0.05) is 0 Å². The van der Waals surface area contributed by atoms with Crippen molar-refractivity contribution >= 4 is 5.97 Å². The molecule has 0 saturated heterocycles. The first kappa shape index (κ1) is 17.9. The van der Waals surface area contributed by atoms with Crippen molar-refractivity contribution in [2.75, 3.05) is 6.61 Å². The van der Waals surface area contributed by atoms with Crippen LogP contribution in [0.4, 0.5) is 8.78 Å². The molecule has 0 unspecified atom stereocenters. The zero-order chi connectivity index (χ0) is 17.6. The average molecular weight is 335 g/mol. The highest BCUT2D eigenvalue weighted by Crippen LogP contribution is 2.32. The standard InChI is InChI=1S/C18H19F2NO3/c1-2-23-17(22)18(19,20)16(21)14-9-6-10-15(11-14)24-12-13-7-4-3-5-8-13/h3-11,16H,2,12,21H2,1H3/t16-/m1/s1. The molecule has 4 nitrogen and oxygen atoms in total. The molecule has 2 N–H and O–H groups in total. The van der Waals surface area contributed by atoms with Crippen LogP contribution in [0.1, 0.15) is 24.1 Å². The summed E-state index contributed by atoms with van der Waals surface area (Å²) < 4.78 is 38.0. The SMILES string of the molecule is CCOC(=O)C(F)(F)[C@H](N)c1cccc(OCc2ccccc2)c1. The number of hydrogen-bond acceptors (Lipinski definition) is 4. The third-order valence-electron chi connectivity index (χ3n) is 3.40. The molecule has 1 atom stereocenters. The number of esters is 1. The van der Waals surface area contributed by atoms with Gasteiger partial charge in [0.05, 0.1) is 6.61 Å². The number of carbonyl (C=O) groups excluding carboxylic acids is 1. The van der Waals surface area contributed by atoms with Crippen LogP contribution in [0, 0.1) is 0 Å². The summed E-state index contributed by atoms with van der Waals surface area (Å²) in [4.78, 5) is 11.4. The van der Waals surface area contributed by atoms with Crippen molar-refractivity contribution in [1.82, 2.24) is 0 Å². The minimum atomic E-state index is -3.81. The van der Waals surface area contributed by atoms with E-state index in [0.29, 0.717) is 12.4 Å². The number of rotatable bonds is 7. The molecule has 2 aromatic rings. The number of nitrogens with two attached hydrogens (primary N) is 1. The third kappa shape index (κ3) is 4.29. The summed E-state index contributed by atoms with van der Waals surface area (Å²) in [6, 6.07) is 13.6. The molecule has 24 heavy (non-hydrogen) atoms. The van der Waals surface area contributed by atoms with E-state index in [9.17, 15) is 13.6 Å². The van der Waals surface area contributed by atoms with Crippen LogP contribution in [0.25, 0.3) is 0 Å². The van der Waals surface area contributed by atoms with Gasteiger partial charge < -0.3 is 15.2 Å². The van der Waals surface area contributed by atoms with Gasteiger partial charge in [0.25, 0.3) is 0 Å².